The van der Waals surface area contributed by atoms with Crippen LogP contribution in [-0.2, 0) is 13.1 Å². The number of carboxylic acids is 1. The van der Waals surface area contributed by atoms with Gasteiger partial charge in [0.05, 0.1) is 11.5 Å². The summed E-state index contributed by atoms with van der Waals surface area (Å²) in [5.41, 5.74) is 3.37. The number of piperazine rings is 1. The average molecular weight is 436 g/mol. The minimum Gasteiger partial charge on any atom is -0.545 e. The minimum atomic E-state index is -1.28. The van der Waals surface area contributed by atoms with Crippen molar-refractivity contribution in [3.05, 3.63) is 69.0 Å². The van der Waals surface area contributed by atoms with Gasteiger partial charge in [-0.25, -0.2) is 0 Å². The molecule has 0 atom stereocenters. The standard InChI is InChI=1S/C24H25N3O5/c1-15-19(23(28)18-11-17(24(29)30)3-4-20(18)25-15)13-27-8-6-26(7-9-27)12-16-2-5-21-22(10-16)32-14-31-21/h2-5,10-11H,6-9,12-14H2,1H3,(H,25,28)(H,29,30)/p+1. The third-order valence-corrected chi connectivity index (χ3v) is 6.53. The molecule has 8 nitrogen and oxygen atoms in total. The summed E-state index contributed by atoms with van der Waals surface area (Å²) in [6, 6.07) is 10.6. The van der Waals surface area contributed by atoms with Crippen molar-refractivity contribution in [3.8, 4) is 11.5 Å². The monoisotopic (exact) mass is 436 g/mol. The second kappa shape index (κ2) is 8.29. The fourth-order valence-corrected chi connectivity index (χ4v) is 4.69. The van der Waals surface area contributed by atoms with Crippen LogP contribution in [0.5, 0.6) is 11.5 Å². The molecule has 1 fully saturated rings. The number of rotatable bonds is 5. The number of aryl methyl sites for hydroxylation is 1. The van der Waals surface area contributed by atoms with Gasteiger partial charge in [0.25, 0.3) is 0 Å². The molecular formula is C24H26N3O5+. The van der Waals surface area contributed by atoms with E-state index in [0.29, 0.717) is 17.4 Å². The van der Waals surface area contributed by atoms with Crippen LogP contribution in [-0.4, -0.2) is 43.9 Å². The number of aromatic carboxylic acids is 1. The third-order valence-electron chi connectivity index (χ3n) is 6.53. The van der Waals surface area contributed by atoms with E-state index in [1.807, 2.05) is 13.0 Å². The number of benzene rings is 2. The Morgan fingerprint density at radius 2 is 1.72 bits per heavy atom. The molecule has 3 aromatic rings. The highest BCUT2D eigenvalue weighted by Gasteiger charge is 2.25. The van der Waals surface area contributed by atoms with Gasteiger partial charge in [0.2, 0.25) is 6.79 Å². The van der Waals surface area contributed by atoms with Crippen LogP contribution in [0.15, 0.2) is 41.2 Å². The first-order chi connectivity index (χ1) is 15.5. The predicted molar refractivity (Wildman–Crippen MR) is 115 cm³/mol. The number of hydrogen-bond acceptors (Lipinski definition) is 5. The number of aromatic nitrogens is 1. The largest absolute Gasteiger partial charge is 0.545 e. The summed E-state index contributed by atoms with van der Waals surface area (Å²) in [6.07, 6.45) is 0. The number of carbonyl (C=O) groups excluding carboxylic acids is 1. The van der Waals surface area contributed by atoms with Gasteiger partial charge in [0.15, 0.2) is 16.9 Å². The van der Waals surface area contributed by atoms with Crippen molar-refractivity contribution < 1.29 is 29.2 Å². The Kier molecular flexibility index (Phi) is 5.32. The first-order valence-corrected chi connectivity index (χ1v) is 10.9. The van der Waals surface area contributed by atoms with E-state index in [4.69, 9.17) is 9.47 Å². The van der Waals surface area contributed by atoms with Gasteiger partial charge in [-0.3, -0.25) is 4.79 Å². The Morgan fingerprint density at radius 3 is 2.47 bits per heavy atom. The fraction of sp³-hybridized carbons (Fsp3) is 0.333. The molecule has 8 heteroatoms. The molecule has 0 unspecified atom stereocenters. The lowest BCUT2D eigenvalue weighted by Crippen LogP contribution is -3.27. The van der Waals surface area contributed by atoms with Crippen LogP contribution in [0, 0.1) is 6.92 Å². The predicted octanol–water partition coefficient (Wildman–Crippen LogP) is -1.59. The van der Waals surface area contributed by atoms with Gasteiger partial charge in [0.1, 0.15) is 39.3 Å². The summed E-state index contributed by atoms with van der Waals surface area (Å²) < 4.78 is 10.9. The van der Waals surface area contributed by atoms with E-state index in [0.717, 1.165) is 55.5 Å². The number of aromatic amines is 1. The average Bonchev–Trinajstić information content (AvgIpc) is 3.25. The molecule has 3 heterocycles. The van der Waals surface area contributed by atoms with Crippen molar-refractivity contribution in [3.63, 3.8) is 0 Å². The van der Waals surface area contributed by atoms with Gasteiger partial charge in [-0.1, -0.05) is 6.07 Å². The molecule has 0 amide bonds. The minimum absolute atomic E-state index is 0.0193. The van der Waals surface area contributed by atoms with Crippen LogP contribution in [0.2, 0.25) is 0 Å². The molecule has 0 bridgehead atoms. The van der Waals surface area contributed by atoms with Gasteiger partial charge in [-0.05, 0) is 42.8 Å². The number of hydrogen-bond donors (Lipinski definition) is 3. The highest BCUT2D eigenvalue weighted by atomic mass is 16.7. The first-order valence-electron chi connectivity index (χ1n) is 10.9. The van der Waals surface area contributed by atoms with E-state index in [-0.39, 0.29) is 17.8 Å². The molecule has 166 valence electrons. The molecule has 2 aromatic carbocycles. The summed E-state index contributed by atoms with van der Waals surface area (Å²) in [4.78, 5) is 30.5. The van der Waals surface area contributed by atoms with Crippen molar-refractivity contribution in [2.75, 3.05) is 33.0 Å². The zero-order chi connectivity index (χ0) is 22.2. The van der Waals surface area contributed by atoms with Crippen LogP contribution in [0.4, 0.5) is 0 Å². The van der Waals surface area contributed by atoms with E-state index in [9.17, 15) is 14.7 Å². The second-order valence-electron chi connectivity index (χ2n) is 8.65. The molecule has 2 aliphatic heterocycles. The molecule has 0 saturated carbocycles. The van der Waals surface area contributed by atoms with Gasteiger partial charge in [-0.15, -0.1) is 0 Å². The maximum Gasteiger partial charge on any atom is 0.231 e. The first kappa shape index (κ1) is 20.5. The molecule has 32 heavy (non-hydrogen) atoms. The summed E-state index contributed by atoms with van der Waals surface area (Å²) in [6.45, 7) is 7.73. The van der Waals surface area contributed by atoms with Crippen molar-refractivity contribution >= 4 is 16.9 Å². The van der Waals surface area contributed by atoms with Gasteiger partial charge in [0, 0.05) is 22.2 Å². The van der Waals surface area contributed by atoms with Crippen molar-refractivity contribution in [1.29, 1.82) is 0 Å². The van der Waals surface area contributed by atoms with E-state index in [1.165, 1.54) is 27.5 Å². The molecule has 5 rings (SSSR count). The SMILES string of the molecule is Cc1[nH]c2ccc(C(=O)[O-])cc2c(=O)c1C[NH+]1CC[NH+](Cc2ccc3c(c2)OCO3)CC1. The number of ether oxygens (including phenoxy) is 2. The van der Waals surface area contributed by atoms with Gasteiger partial charge in [-0.2, -0.15) is 0 Å². The smallest absolute Gasteiger partial charge is 0.231 e. The van der Waals surface area contributed by atoms with Crippen LogP contribution in [0.3, 0.4) is 0 Å². The Bertz CT molecular complexity index is 1240. The van der Waals surface area contributed by atoms with Crippen LogP contribution >= 0.6 is 0 Å². The number of nitrogens with one attached hydrogen (secondary N) is 3. The highest BCUT2D eigenvalue weighted by molar-refractivity contribution is 5.92. The van der Waals surface area contributed by atoms with Crippen molar-refractivity contribution in [1.82, 2.24) is 4.98 Å². The van der Waals surface area contributed by atoms with E-state index in [1.54, 1.807) is 6.07 Å². The fourth-order valence-electron chi connectivity index (χ4n) is 4.69. The molecular weight excluding hydrogens is 410 g/mol. The Balaban J connectivity index is 1.26. The molecule has 0 aliphatic carbocycles. The quantitative estimate of drug-likeness (QED) is 0.448. The zero-order valence-electron chi connectivity index (χ0n) is 18.0. The number of carbonyl (C=O) groups is 1. The molecule has 1 aromatic heterocycles. The molecule has 3 N–H and O–H groups in total. The Hall–Kier alpha value is -3.36. The number of carboxylic acid groups (broad SMARTS) is 1. The van der Waals surface area contributed by atoms with Crippen molar-refractivity contribution in [2.24, 2.45) is 0 Å². The number of pyridine rings is 1. The molecule has 2 aliphatic rings. The van der Waals surface area contributed by atoms with Crippen molar-refractivity contribution in [2.45, 2.75) is 20.0 Å². The highest BCUT2D eigenvalue weighted by Crippen LogP contribution is 2.32. The van der Waals surface area contributed by atoms with Crippen LogP contribution in [0.1, 0.15) is 27.2 Å². The normalized spacial score (nSPS) is 19.9. The van der Waals surface area contributed by atoms with Crippen LogP contribution < -0.4 is 29.8 Å². The lowest BCUT2D eigenvalue weighted by atomic mass is 10.1. The van der Waals surface area contributed by atoms with Gasteiger partial charge < -0.3 is 34.2 Å². The summed E-state index contributed by atoms with van der Waals surface area (Å²) in [5, 5.41) is 11.6. The summed E-state index contributed by atoms with van der Waals surface area (Å²) in [5.74, 6) is 0.348. The topological polar surface area (TPSA) is 100 Å². The Morgan fingerprint density at radius 1 is 1.00 bits per heavy atom. The Labute approximate surface area is 185 Å². The summed E-state index contributed by atoms with van der Waals surface area (Å²) >= 11 is 0. The second-order valence-corrected chi connectivity index (χ2v) is 8.65. The zero-order valence-corrected chi connectivity index (χ0v) is 18.0. The maximum atomic E-state index is 13.1. The molecule has 0 spiro atoms. The van der Waals surface area contributed by atoms with E-state index < -0.39 is 5.97 Å². The number of fused-ring (bicyclic) bond motifs is 2. The van der Waals surface area contributed by atoms with Crippen LogP contribution in [0.25, 0.3) is 10.9 Å². The summed E-state index contributed by atoms with van der Waals surface area (Å²) in [7, 11) is 0. The maximum absolute atomic E-state index is 13.1. The number of quaternary nitrogens is 2. The van der Waals surface area contributed by atoms with Gasteiger partial charge >= 0.3 is 0 Å². The lowest BCUT2D eigenvalue weighted by Gasteiger charge is -2.30. The number of H-pyrrole nitrogens is 1. The molecule has 0 radical (unpaired) electrons. The molecule has 1 saturated heterocycles. The van der Waals surface area contributed by atoms with E-state index >= 15 is 0 Å². The van der Waals surface area contributed by atoms with E-state index in [2.05, 4.69) is 17.1 Å². The third kappa shape index (κ3) is 3.94. The lowest BCUT2D eigenvalue weighted by molar-refractivity contribution is -1.02.